The van der Waals surface area contributed by atoms with E-state index in [1.165, 1.54) is 96.3 Å². The highest BCUT2D eigenvalue weighted by atomic mass is 14.2. The van der Waals surface area contributed by atoms with Crippen molar-refractivity contribution < 1.29 is 0 Å². The SMILES string of the molecule is CC1CCCCCCCCCCCCCCCC1C. The lowest BCUT2D eigenvalue weighted by atomic mass is 9.87. The zero-order chi connectivity index (χ0) is 13.8. The summed E-state index contributed by atoms with van der Waals surface area (Å²) in [6, 6.07) is 0. The molecule has 0 aromatic rings. The van der Waals surface area contributed by atoms with Crippen molar-refractivity contribution in [2.75, 3.05) is 0 Å². The molecule has 0 bridgehead atoms. The number of rotatable bonds is 0. The average molecular weight is 267 g/mol. The van der Waals surface area contributed by atoms with E-state index in [1.54, 1.807) is 0 Å². The molecule has 0 nitrogen and oxygen atoms in total. The third-order valence-electron chi connectivity index (χ3n) is 5.29. The van der Waals surface area contributed by atoms with E-state index >= 15 is 0 Å². The van der Waals surface area contributed by atoms with Crippen LogP contribution in [0.3, 0.4) is 0 Å². The summed E-state index contributed by atoms with van der Waals surface area (Å²) in [6.07, 6.45) is 22.3. The second-order valence-corrected chi connectivity index (χ2v) is 7.13. The van der Waals surface area contributed by atoms with E-state index in [2.05, 4.69) is 13.8 Å². The third-order valence-corrected chi connectivity index (χ3v) is 5.29. The summed E-state index contributed by atoms with van der Waals surface area (Å²) in [5.74, 6) is 1.91. The van der Waals surface area contributed by atoms with Gasteiger partial charge in [-0.3, -0.25) is 0 Å². The van der Waals surface area contributed by atoms with Crippen LogP contribution in [0.5, 0.6) is 0 Å². The van der Waals surface area contributed by atoms with Crippen molar-refractivity contribution in [1.29, 1.82) is 0 Å². The maximum Gasteiger partial charge on any atom is -0.0417 e. The zero-order valence-electron chi connectivity index (χ0n) is 13.8. The topological polar surface area (TPSA) is 0 Å². The van der Waals surface area contributed by atoms with Gasteiger partial charge in [0.15, 0.2) is 0 Å². The van der Waals surface area contributed by atoms with E-state index in [0.717, 1.165) is 11.8 Å². The van der Waals surface area contributed by atoms with Gasteiger partial charge >= 0.3 is 0 Å². The Morgan fingerprint density at radius 1 is 0.368 bits per heavy atom. The summed E-state index contributed by atoms with van der Waals surface area (Å²) in [5.41, 5.74) is 0. The molecule has 0 amide bonds. The maximum absolute atomic E-state index is 2.48. The lowest BCUT2D eigenvalue weighted by Crippen LogP contribution is -2.08. The summed E-state index contributed by atoms with van der Waals surface area (Å²) >= 11 is 0. The lowest BCUT2D eigenvalue weighted by Gasteiger charge is -2.19. The lowest BCUT2D eigenvalue weighted by molar-refractivity contribution is 0.322. The van der Waals surface area contributed by atoms with Crippen LogP contribution in [-0.4, -0.2) is 0 Å². The molecule has 1 aliphatic carbocycles. The standard InChI is InChI=1S/C19H38/c1-18-16-14-12-10-8-6-4-3-5-7-9-11-13-15-17-19(18)2/h18-19H,3-17H2,1-2H3. The fourth-order valence-electron chi connectivity index (χ4n) is 3.45. The molecular formula is C19H38. The maximum atomic E-state index is 2.48. The molecule has 0 N–H and O–H groups in total. The minimum Gasteiger partial charge on any atom is -0.0623 e. The first-order chi connectivity index (χ1) is 9.30. The van der Waals surface area contributed by atoms with Crippen LogP contribution in [0.25, 0.3) is 0 Å². The van der Waals surface area contributed by atoms with Crippen LogP contribution in [0.1, 0.15) is 110 Å². The Bertz CT molecular complexity index is 164. The monoisotopic (exact) mass is 266 g/mol. The summed E-state index contributed by atoms with van der Waals surface area (Å²) in [6.45, 7) is 4.97. The molecule has 0 radical (unpaired) electrons. The highest BCUT2D eigenvalue weighted by molar-refractivity contribution is 4.63. The van der Waals surface area contributed by atoms with E-state index in [9.17, 15) is 0 Å². The van der Waals surface area contributed by atoms with Crippen LogP contribution in [-0.2, 0) is 0 Å². The van der Waals surface area contributed by atoms with Crippen LogP contribution in [0.2, 0.25) is 0 Å². The van der Waals surface area contributed by atoms with Gasteiger partial charge in [-0.25, -0.2) is 0 Å². The number of hydrogen-bond acceptors (Lipinski definition) is 0. The highest BCUT2D eigenvalue weighted by Crippen LogP contribution is 2.24. The van der Waals surface area contributed by atoms with Crippen LogP contribution < -0.4 is 0 Å². The normalized spacial score (nSPS) is 30.6. The van der Waals surface area contributed by atoms with Gasteiger partial charge in [0.1, 0.15) is 0 Å². The Balaban J connectivity index is 2.19. The quantitative estimate of drug-likeness (QED) is 0.437. The summed E-state index contributed by atoms with van der Waals surface area (Å²) < 4.78 is 0. The molecule has 0 spiro atoms. The van der Waals surface area contributed by atoms with Gasteiger partial charge in [0.2, 0.25) is 0 Å². The fraction of sp³-hybridized carbons (Fsp3) is 1.00. The first-order valence-electron chi connectivity index (χ1n) is 9.30. The minimum atomic E-state index is 0.954. The van der Waals surface area contributed by atoms with Gasteiger partial charge in [0, 0.05) is 0 Å². The van der Waals surface area contributed by atoms with Crippen LogP contribution in [0.15, 0.2) is 0 Å². The molecule has 2 unspecified atom stereocenters. The minimum absolute atomic E-state index is 0.954. The van der Waals surface area contributed by atoms with E-state index in [4.69, 9.17) is 0 Å². The molecule has 1 saturated carbocycles. The Labute approximate surface area is 122 Å². The summed E-state index contributed by atoms with van der Waals surface area (Å²) in [4.78, 5) is 0. The van der Waals surface area contributed by atoms with Gasteiger partial charge in [-0.1, -0.05) is 110 Å². The molecule has 0 heterocycles. The fourth-order valence-corrected chi connectivity index (χ4v) is 3.45. The largest absolute Gasteiger partial charge is 0.0623 e. The molecule has 0 aromatic carbocycles. The predicted molar refractivity (Wildman–Crippen MR) is 87.6 cm³/mol. The van der Waals surface area contributed by atoms with Gasteiger partial charge < -0.3 is 0 Å². The van der Waals surface area contributed by atoms with E-state index in [0.29, 0.717) is 0 Å². The first kappa shape index (κ1) is 17.1. The van der Waals surface area contributed by atoms with Crippen LogP contribution in [0.4, 0.5) is 0 Å². The van der Waals surface area contributed by atoms with Crippen LogP contribution >= 0.6 is 0 Å². The van der Waals surface area contributed by atoms with Crippen molar-refractivity contribution in [2.24, 2.45) is 11.8 Å². The Morgan fingerprint density at radius 3 is 0.842 bits per heavy atom. The number of hydrogen-bond donors (Lipinski definition) is 0. The Kier molecular flexibility index (Phi) is 10.6. The molecule has 0 saturated heterocycles. The predicted octanol–water partition coefficient (Wildman–Crippen LogP) is 7.12. The second kappa shape index (κ2) is 11.8. The van der Waals surface area contributed by atoms with Crippen molar-refractivity contribution in [3.8, 4) is 0 Å². The van der Waals surface area contributed by atoms with Crippen LogP contribution in [0, 0.1) is 11.8 Å². The highest BCUT2D eigenvalue weighted by Gasteiger charge is 2.11. The van der Waals surface area contributed by atoms with Gasteiger partial charge in [-0.05, 0) is 11.8 Å². The summed E-state index contributed by atoms with van der Waals surface area (Å²) in [7, 11) is 0. The molecule has 0 aliphatic heterocycles. The molecule has 114 valence electrons. The average Bonchev–Trinajstić information content (AvgIpc) is 2.41. The second-order valence-electron chi connectivity index (χ2n) is 7.13. The molecule has 1 fully saturated rings. The Morgan fingerprint density at radius 2 is 0.579 bits per heavy atom. The molecule has 2 atom stereocenters. The first-order valence-corrected chi connectivity index (χ1v) is 9.30. The molecule has 1 rings (SSSR count). The third kappa shape index (κ3) is 9.52. The summed E-state index contributed by atoms with van der Waals surface area (Å²) in [5, 5.41) is 0. The van der Waals surface area contributed by atoms with E-state index in [1.807, 2.05) is 0 Å². The molecule has 19 heavy (non-hydrogen) atoms. The molecule has 0 heteroatoms. The van der Waals surface area contributed by atoms with Gasteiger partial charge in [0.25, 0.3) is 0 Å². The van der Waals surface area contributed by atoms with Crippen molar-refractivity contribution in [3.63, 3.8) is 0 Å². The van der Waals surface area contributed by atoms with E-state index in [-0.39, 0.29) is 0 Å². The molecule has 0 aromatic heterocycles. The Hall–Kier alpha value is 0. The smallest absolute Gasteiger partial charge is 0.0417 e. The van der Waals surface area contributed by atoms with Gasteiger partial charge in [-0.2, -0.15) is 0 Å². The van der Waals surface area contributed by atoms with Crippen molar-refractivity contribution >= 4 is 0 Å². The van der Waals surface area contributed by atoms with Crippen molar-refractivity contribution in [2.45, 2.75) is 110 Å². The van der Waals surface area contributed by atoms with Crippen molar-refractivity contribution in [3.05, 3.63) is 0 Å². The van der Waals surface area contributed by atoms with Gasteiger partial charge in [-0.15, -0.1) is 0 Å². The zero-order valence-corrected chi connectivity index (χ0v) is 13.8. The van der Waals surface area contributed by atoms with Gasteiger partial charge in [0.05, 0.1) is 0 Å². The van der Waals surface area contributed by atoms with Crippen molar-refractivity contribution in [1.82, 2.24) is 0 Å². The molecular weight excluding hydrogens is 228 g/mol. The molecule has 1 aliphatic rings. The van der Waals surface area contributed by atoms with E-state index < -0.39 is 0 Å².